The van der Waals surface area contributed by atoms with Gasteiger partial charge >= 0.3 is 0 Å². The molecule has 2 nitrogen and oxygen atoms in total. The lowest BCUT2D eigenvalue weighted by atomic mass is 10.0. The zero-order valence-electron chi connectivity index (χ0n) is 11.3. The number of benzene rings is 1. The molecular formula is C15H18BrClN2S. The summed E-state index contributed by atoms with van der Waals surface area (Å²) in [4.78, 5) is 4.76. The van der Waals surface area contributed by atoms with Crippen LogP contribution in [0.15, 0.2) is 22.7 Å². The summed E-state index contributed by atoms with van der Waals surface area (Å²) in [6.07, 6.45) is 3.48. The van der Waals surface area contributed by atoms with E-state index >= 15 is 0 Å². The number of aromatic nitrogens is 2. The van der Waals surface area contributed by atoms with Crippen LogP contribution >= 0.6 is 39.3 Å². The number of fused-ring (bicyclic) bond motifs is 1. The molecule has 108 valence electrons. The highest BCUT2D eigenvalue weighted by atomic mass is 79.9. The first kappa shape index (κ1) is 14.7. The Hall–Kier alpha value is -0.190. The average molecular weight is 374 g/mol. The molecule has 0 N–H and O–H groups in total. The van der Waals surface area contributed by atoms with Gasteiger partial charge in [0.15, 0.2) is 0 Å². The molecule has 0 radical (unpaired) electrons. The molecule has 1 fully saturated rings. The van der Waals surface area contributed by atoms with Gasteiger partial charge in [0.1, 0.15) is 5.82 Å². The third-order valence-corrected chi connectivity index (χ3v) is 5.62. The fourth-order valence-electron chi connectivity index (χ4n) is 2.81. The van der Waals surface area contributed by atoms with Crippen molar-refractivity contribution in [2.24, 2.45) is 5.92 Å². The van der Waals surface area contributed by atoms with Crippen molar-refractivity contribution in [1.82, 2.24) is 9.55 Å². The highest BCUT2D eigenvalue weighted by Gasteiger charge is 2.18. The molecule has 0 saturated carbocycles. The predicted octanol–water partition coefficient (Wildman–Crippen LogP) is 4.72. The van der Waals surface area contributed by atoms with E-state index in [0.717, 1.165) is 34.7 Å². The summed E-state index contributed by atoms with van der Waals surface area (Å²) in [7, 11) is 0. The van der Waals surface area contributed by atoms with Gasteiger partial charge in [-0.1, -0.05) is 15.9 Å². The third kappa shape index (κ3) is 3.18. The molecule has 1 aliphatic rings. The Kier molecular flexibility index (Phi) is 4.95. The molecule has 1 aromatic carbocycles. The standard InChI is InChI=1S/C15H18BrClN2S/c16-12-1-2-13-14(9-12)19(15(18-13)3-6-17)10-11-4-7-20-8-5-11/h1-2,9,11H,3-8,10H2. The van der Waals surface area contributed by atoms with Crippen molar-refractivity contribution < 1.29 is 0 Å². The molecule has 5 heteroatoms. The molecule has 3 rings (SSSR count). The van der Waals surface area contributed by atoms with Gasteiger partial charge in [0.2, 0.25) is 0 Å². The second-order valence-electron chi connectivity index (χ2n) is 5.27. The molecule has 0 atom stereocenters. The lowest BCUT2D eigenvalue weighted by Gasteiger charge is -2.23. The highest BCUT2D eigenvalue weighted by Crippen LogP contribution is 2.28. The maximum Gasteiger partial charge on any atom is 0.111 e. The maximum atomic E-state index is 5.94. The number of hydrogen-bond acceptors (Lipinski definition) is 2. The predicted molar refractivity (Wildman–Crippen MR) is 91.9 cm³/mol. The molecular weight excluding hydrogens is 356 g/mol. The minimum Gasteiger partial charge on any atom is -0.328 e. The Labute approximate surface area is 137 Å². The van der Waals surface area contributed by atoms with E-state index in [0.29, 0.717) is 5.88 Å². The van der Waals surface area contributed by atoms with E-state index in [1.165, 1.54) is 29.9 Å². The van der Waals surface area contributed by atoms with Gasteiger partial charge in [0, 0.05) is 23.3 Å². The number of rotatable bonds is 4. The number of thioether (sulfide) groups is 1. The van der Waals surface area contributed by atoms with E-state index in [1.54, 1.807) is 0 Å². The fraction of sp³-hybridized carbons (Fsp3) is 0.533. The van der Waals surface area contributed by atoms with Crippen LogP contribution in [0, 0.1) is 5.92 Å². The first-order valence-electron chi connectivity index (χ1n) is 7.06. The van der Waals surface area contributed by atoms with Gasteiger partial charge in [-0.3, -0.25) is 0 Å². The van der Waals surface area contributed by atoms with Crippen LogP contribution < -0.4 is 0 Å². The van der Waals surface area contributed by atoms with Crippen molar-refractivity contribution in [1.29, 1.82) is 0 Å². The zero-order chi connectivity index (χ0) is 13.9. The number of hydrogen-bond donors (Lipinski definition) is 0. The molecule has 0 spiro atoms. The molecule has 0 unspecified atom stereocenters. The van der Waals surface area contributed by atoms with Crippen molar-refractivity contribution in [3.05, 3.63) is 28.5 Å². The first-order valence-corrected chi connectivity index (χ1v) is 9.54. The van der Waals surface area contributed by atoms with Gasteiger partial charge in [-0.05, 0) is 48.5 Å². The van der Waals surface area contributed by atoms with E-state index < -0.39 is 0 Å². The van der Waals surface area contributed by atoms with Crippen molar-refractivity contribution in [3.8, 4) is 0 Å². The first-order chi connectivity index (χ1) is 9.78. The Balaban J connectivity index is 1.96. The van der Waals surface area contributed by atoms with Gasteiger partial charge in [0.25, 0.3) is 0 Å². The highest BCUT2D eigenvalue weighted by molar-refractivity contribution is 9.10. The summed E-state index contributed by atoms with van der Waals surface area (Å²) in [6, 6.07) is 6.32. The van der Waals surface area contributed by atoms with Gasteiger partial charge in [-0.2, -0.15) is 11.8 Å². The summed E-state index contributed by atoms with van der Waals surface area (Å²) in [5.41, 5.74) is 2.32. The zero-order valence-corrected chi connectivity index (χ0v) is 14.5. The maximum absolute atomic E-state index is 5.94. The SMILES string of the molecule is ClCCc1nc2ccc(Br)cc2n1CC1CCSCC1. The Morgan fingerprint density at radius 2 is 2.15 bits per heavy atom. The molecule has 0 amide bonds. The van der Waals surface area contributed by atoms with Crippen LogP contribution in [0.1, 0.15) is 18.7 Å². The smallest absolute Gasteiger partial charge is 0.111 e. The Morgan fingerprint density at radius 1 is 1.35 bits per heavy atom. The monoisotopic (exact) mass is 372 g/mol. The summed E-state index contributed by atoms with van der Waals surface area (Å²) in [5.74, 6) is 5.14. The number of aryl methyl sites for hydroxylation is 1. The third-order valence-electron chi connectivity index (χ3n) is 3.89. The number of imidazole rings is 1. The van der Waals surface area contributed by atoms with Gasteiger partial charge in [0.05, 0.1) is 11.0 Å². The van der Waals surface area contributed by atoms with Gasteiger partial charge in [-0.25, -0.2) is 4.98 Å². The van der Waals surface area contributed by atoms with Crippen molar-refractivity contribution in [3.63, 3.8) is 0 Å². The van der Waals surface area contributed by atoms with Crippen molar-refractivity contribution in [2.45, 2.75) is 25.8 Å². The van der Waals surface area contributed by atoms with Gasteiger partial charge < -0.3 is 4.57 Å². The van der Waals surface area contributed by atoms with E-state index in [4.69, 9.17) is 16.6 Å². The summed E-state index contributed by atoms with van der Waals surface area (Å²) >= 11 is 11.6. The summed E-state index contributed by atoms with van der Waals surface area (Å²) < 4.78 is 3.51. The van der Waals surface area contributed by atoms with E-state index in [2.05, 4.69) is 50.5 Å². The van der Waals surface area contributed by atoms with Crippen LogP contribution in [-0.4, -0.2) is 26.9 Å². The normalized spacial score (nSPS) is 16.9. The van der Waals surface area contributed by atoms with Crippen LogP contribution in [0.25, 0.3) is 11.0 Å². The van der Waals surface area contributed by atoms with Crippen LogP contribution in [0.2, 0.25) is 0 Å². The average Bonchev–Trinajstić information content (AvgIpc) is 2.78. The Bertz CT molecular complexity index is 593. The largest absolute Gasteiger partial charge is 0.328 e. The van der Waals surface area contributed by atoms with E-state index in [1.807, 2.05) is 0 Å². The lowest BCUT2D eigenvalue weighted by Crippen LogP contribution is -2.18. The van der Waals surface area contributed by atoms with Gasteiger partial charge in [-0.15, -0.1) is 11.6 Å². The van der Waals surface area contributed by atoms with Crippen LogP contribution in [0.5, 0.6) is 0 Å². The Morgan fingerprint density at radius 3 is 2.90 bits per heavy atom. The second kappa shape index (κ2) is 6.71. The molecule has 1 aliphatic heterocycles. The van der Waals surface area contributed by atoms with Crippen LogP contribution in [-0.2, 0) is 13.0 Å². The molecule has 1 aromatic heterocycles. The van der Waals surface area contributed by atoms with Crippen molar-refractivity contribution >= 4 is 50.3 Å². The van der Waals surface area contributed by atoms with E-state index in [9.17, 15) is 0 Å². The topological polar surface area (TPSA) is 17.8 Å². The second-order valence-corrected chi connectivity index (χ2v) is 7.78. The molecule has 2 heterocycles. The molecule has 1 saturated heterocycles. The summed E-state index contributed by atoms with van der Waals surface area (Å²) in [5, 5.41) is 0. The minimum absolute atomic E-state index is 0.630. The minimum atomic E-state index is 0.630. The number of nitrogens with zero attached hydrogens (tertiary/aromatic N) is 2. The van der Waals surface area contributed by atoms with E-state index in [-0.39, 0.29) is 0 Å². The number of alkyl halides is 1. The molecule has 2 aromatic rings. The molecule has 0 bridgehead atoms. The summed E-state index contributed by atoms with van der Waals surface area (Å²) in [6.45, 7) is 1.08. The fourth-order valence-corrected chi connectivity index (χ4v) is 4.53. The quantitative estimate of drug-likeness (QED) is 0.721. The molecule has 0 aliphatic carbocycles. The molecule has 20 heavy (non-hydrogen) atoms. The van der Waals surface area contributed by atoms with Crippen LogP contribution in [0.4, 0.5) is 0 Å². The van der Waals surface area contributed by atoms with Crippen molar-refractivity contribution in [2.75, 3.05) is 17.4 Å². The number of halogens is 2. The lowest BCUT2D eigenvalue weighted by molar-refractivity contribution is 0.416. The van der Waals surface area contributed by atoms with Crippen LogP contribution in [0.3, 0.4) is 0 Å².